The van der Waals surface area contributed by atoms with E-state index in [9.17, 15) is 8.42 Å². The van der Waals surface area contributed by atoms with Crippen LogP contribution in [0.5, 0.6) is 0 Å². The molecule has 1 aromatic heterocycles. The molecule has 0 unspecified atom stereocenters. The van der Waals surface area contributed by atoms with Crippen LogP contribution in [0, 0.1) is 6.92 Å². The van der Waals surface area contributed by atoms with Crippen LogP contribution in [0.2, 0.25) is 0 Å². The Kier molecular flexibility index (Phi) is 3.13. The summed E-state index contributed by atoms with van der Waals surface area (Å²) in [7, 11) is -3.61. The van der Waals surface area contributed by atoms with Crippen LogP contribution in [0.15, 0.2) is 29.3 Å². The van der Waals surface area contributed by atoms with Crippen molar-refractivity contribution in [2.45, 2.75) is 24.7 Å². The van der Waals surface area contributed by atoms with Crippen molar-refractivity contribution in [2.24, 2.45) is 0 Å². The maximum atomic E-state index is 12.4. The molecule has 1 aliphatic rings. The summed E-state index contributed by atoms with van der Waals surface area (Å²) in [4.78, 5) is 0.180. The Labute approximate surface area is 117 Å². The van der Waals surface area contributed by atoms with Gasteiger partial charge in [0, 0.05) is 12.2 Å². The van der Waals surface area contributed by atoms with Gasteiger partial charge in [0.25, 0.3) is 10.0 Å². The maximum Gasteiger partial charge on any atom is 0.265 e. The molecule has 0 atom stereocenters. The van der Waals surface area contributed by atoms with E-state index < -0.39 is 10.0 Å². The fourth-order valence-electron chi connectivity index (χ4n) is 2.42. The monoisotopic (exact) mass is 292 g/mol. The van der Waals surface area contributed by atoms with E-state index in [1.807, 2.05) is 12.1 Å². The van der Waals surface area contributed by atoms with Gasteiger partial charge in [-0.1, -0.05) is 6.07 Å². The van der Waals surface area contributed by atoms with Crippen LogP contribution in [-0.4, -0.2) is 25.2 Å². The minimum atomic E-state index is -3.61. The number of fused-ring (bicyclic) bond motifs is 1. The SMILES string of the molecule is Cc1[nH]ncc1S(=O)(=O)Nc1cccc2c1CCCN2. The predicted molar refractivity (Wildman–Crippen MR) is 77.4 cm³/mol. The van der Waals surface area contributed by atoms with Crippen LogP contribution < -0.4 is 10.0 Å². The van der Waals surface area contributed by atoms with Gasteiger partial charge in [-0.05, 0) is 37.5 Å². The number of aromatic amines is 1. The molecule has 0 fully saturated rings. The number of anilines is 2. The molecule has 2 aromatic rings. The molecule has 0 amide bonds. The van der Waals surface area contributed by atoms with E-state index in [0.717, 1.165) is 30.6 Å². The number of hydrogen-bond acceptors (Lipinski definition) is 4. The molecule has 0 spiro atoms. The van der Waals surface area contributed by atoms with Crippen LogP contribution in [0.4, 0.5) is 11.4 Å². The lowest BCUT2D eigenvalue weighted by Gasteiger charge is -2.21. The van der Waals surface area contributed by atoms with Gasteiger partial charge in [0.05, 0.1) is 17.6 Å². The molecule has 0 saturated carbocycles. The van der Waals surface area contributed by atoms with Crippen LogP contribution in [0.1, 0.15) is 17.7 Å². The smallest absolute Gasteiger partial charge is 0.265 e. The van der Waals surface area contributed by atoms with Gasteiger partial charge in [-0.25, -0.2) is 8.42 Å². The van der Waals surface area contributed by atoms with Gasteiger partial charge in [0.15, 0.2) is 0 Å². The van der Waals surface area contributed by atoms with Crippen LogP contribution in [-0.2, 0) is 16.4 Å². The number of aryl methyl sites for hydroxylation is 1. The standard InChI is InChI=1S/C13H16N4O2S/c1-9-13(8-15-16-9)20(18,19)17-12-6-2-5-11-10(12)4-3-7-14-11/h2,5-6,8,14,17H,3-4,7H2,1H3,(H,15,16). The largest absolute Gasteiger partial charge is 0.385 e. The number of H-pyrrole nitrogens is 1. The van der Waals surface area contributed by atoms with Crippen molar-refractivity contribution in [3.63, 3.8) is 0 Å². The second kappa shape index (κ2) is 4.82. The third kappa shape index (κ3) is 2.24. The van der Waals surface area contributed by atoms with Gasteiger partial charge in [-0.2, -0.15) is 5.10 Å². The Morgan fingerprint density at radius 1 is 1.35 bits per heavy atom. The number of sulfonamides is 1. The topological polar surface area (TPSA) is 86.9 Å². The highest BCUT2D eigenvalue weighted by molar-refractivity contribution is 7.92. The molecule has 0 aliphatic carbocycles. The van der Waals surface area contributed by atoms with Gasteiger partial charge in [-0.3, -0.25) is 9.82 Å². The van der Waals surface area contributed by atoms with Crippen LogP contribution in [0.3, 0.4) is 0 Å². The lowest BCUT2D eigenvalue weighted by molar-refractivity contribution is 0.600. The number of aromatic nitrogens is 2. The first-order valence-electron chi connectivity index (χ1n) is 6.46. The molecule has 1 aromatic carbocycles. The zero-order valence-electron chi connectivity index (χ0n) is 11.1. The second-order valence-corrected chi connectivity index (χ2v) is 6.48. The van der Waals surface area contributed by atoms with E-state index in [2.05, 4.69) is 20.2 Å². The van der Waals surface area contributed by atoms with E-state index in [1.54, 1.807) is 13.0 Å². The lowest BCUT2D eigenvalue weighted by Crippen LogP contribution is -2.18. The van der Waals surface area contributed by atoms with Gasteiger partial charge in [-0.15, -0.1) is 0 Å². The average molecular weight is 292 g/mol. The van der Waals surface area contributed by atoms with E-state index in [1.165, 1.54) is 6.20 Å². The highest BCUT2D eigenvalue weighted by atomic mass is 32.2. The summed E-state index contributed by atoms with van der Waals surface area (Å²) >= 11 is 0. The fourth-order valence-corrected chi connectivity index (χ4v) is 3.65. The highest BCUT2D eigenvalue weighted by Crippen LogP contribution is 2.30. The number of hydrogen-bond donors (Lipinski definition) is 3. The molecule has 106 valence electrons. The molecule has 1 aliphatic heterocycles. The molecule has 0 saturated heterocycles. The zero-order valence-corrected chi connectivity index (χ0v) is 11.9. The third-order valence-corrected chi connectivity index (χ3v) is 4.89. The Morgan fingerprint density at radius 3 is 2.95 bits per heavy atom. The van der Waals surface area contributed by atoms with Gasteiger partial charge in [0.2, 0.25) is 0 Å². The lowest BCUT2D eigenvalue weighted by atomic mass is 10.0. The van der Waals surface area contributed by atoms with Crippen LogP contribution in [0.25, 0.3) is 0 Å². The fraction of sp³-hybridized carbons (Fsp3) is 0.308. The predicted octanol–water partition coefficient (Wildman–Crippen LogP) is 1.88. The van der Waals surface area contributed by atoms with E-state index >= 15 is 0 Å². The summed E-state index contributed by atoms with van der Waals surface area (Å²) in [5, 5.41) is 9.68. The average Bonchev–Trinajstić information content (AvgIpc) is 2.86. The maximum absolute atomic E-state index is 12.4. The van der Waals surface area contributed by atoms with Crippen molar-refractivity contribution < 1.29 is 8.42 Å². The summed E-state index contributed by atoms with van der Waals surface area (Å²) in [5.41, 5.74) is 3.18. The molecule has 20 heavy (non-hydrogen) atoms. The first-order valence-corrected chi connectivity index (χ1v) is 7.95. The summed E-state index contributed by atoms with van der Waals surface area (Å²) in [5.74, 6) is 0. The molecule has 7 heteroatoms. The van der Waals surface area contributed by atoms with Crippen molar-refractivity contribution in [1.82, 2.24) is 10.2 Å². The van der Waals surface area contributed by atoms with Crippen molar-refractivity contribution in [3.8, 4) is 0 Å². The molecule has 3 rings (SSSR count). The second-order valence-electron chi connectivity index (χ2n) is 4.83. The van der Waals surface area contributed by atoms with Crippen molar-refractivity contribution in [3.05, 3.63) is 35.7 Å². The summed E-state index contributed by atoms with van der Waals surface area (Å²) in [6.45, 7) is 2.60. The van der Waals surface area contributed by atoms with Crippen molar-refractivity contribution in [2.75, 3.05) is 16.6 Å². The number of nitrogens with one attached hydrogen (secondary N) is 3. The van der Waals surface area contributed by atoms with Gasteiger partial charge < -0.3 is 5.32 Å². The highest BCUT2D eigenvalue weighted by Gasteiger charge is 2.21. The quantitative estimate of drug-likeness (QED) is 0.806. The van der Waals surface area contributed by atoms with Crippen molar-refractivity contribution >= 4 is 21.4 Å². The van der Waals surface area contributed by atoms with Gasteiger partial charge >= 0.3 is 0 Å². The summed E-state index contributed by atoms with van der Waals surface area (Å²) in [6.07, 6.45) is 3.19. The minimum absolute atomic E-state index is 0.180. The first kappa shape index (κ1) is 13.0. The third-order valence-electron chi connectivity index (χ3n) is 3.41. The Morgan fingerprint density at radius 2 is 2.20 bits per heavy atom. The molecular formula is C13H16N4O2S. The molecule has 6 nitrogen and oxygen atoms in total. The summed E-state index contributed by atoms with van der Waals surface area (Å²) < 4.78 is 27.4. The van der Waals surface area contributed by atoms with Gasteiger partial charge in [0.1, 0.15) is 4.90 Å². The molecule has 0 bridgehead atoms. The van der Waals surface area contributed by atoms with E-state index in [0.29, 0.717) is 11.4 Å². The minimum Gasteiger partial charge on any atom is -0.385 e. The molecular weight excluding hydrogens is 276 g/mol. The Bertz CT molecular complexity index is 737. The normalized spacial score (nSPS) is 14.4. The first-order chi connectivity index (χ1) is 9.58. The summed E-state index contributed by atoms with van der Waals surface area (Å²) in [6, 6.07) is 5.60. The molecule has 3 N–H and O–H groups in total. The number of benzene rings is 1. The van der Waals surface area contributed by atoms with E-state index in [-0.39, 0.29) is 4.90 Å². The van der Waals surface area contributed by atoms with E-state index in [4.69, 9.17) is 0 Å². The van der Waals surface area contributed by atoms with Crippen LogP contribution >= 0.6 is 0 Å². The molecule has 2 heterocycles. The van der Waals surface area contributed by atoms with Crippen molar-refractivity contribution in [1.29, 1.82) is 0 Å². The zero-order chi connectivity index (χ0) is 14.2. The molecule has 0 radical (unpaired) electrons. The Hall–Kier alpha value is -2.02. The number of rotatable bonds is 3. The Balaban J connectivity index is 1.98. The number of nitrogens with zero attached hydrogens (tertiary/aromatic N) is 1.